The van der Waals surface area contributed by atoms with Gasteiger partial charge in [0.05, 0.1) is 5.02 Å². The topological polar surface area (TPSA) is 70.2 Å². The molecule has 4 nitrogen and oxygen atoms in total. The van der Waals surface area contributed by atoms with E-state index in [0.717, 1.165) is 5.52 Å². The van der Waals surface area contributed by atoms with Gasteiger partial charge in [0.15, 0.2) is 5.78 Å². The summed E-state index contributed by atoms with van der Waals surface area (Å²) >= 11 is 6.07. The van der Waals surface area contributed by atoms with Gasteiger partial charge in [-0.25, -0.2) is 0 Å². The first kappa shape index (κ1) is 12.6. The molecule has 0 amide bonds. The van der Waals surface area contributed by atoms with Crippen molar-refractivity contribution in [2.45, 2.75) is 19.3 Å². The van der Waals surface area contributed by atoms with E-state index in [0.29, 0.717) is 22.4 Å². The van der Waals surface area contributed by atoms with Crippen LogP contribution in [0.25, 0.3) is 10.9 Å². The van der Waals surface area contributed by atoms with Gasteiger partial charge < -0.3 is 10.1 Å². The first-order valence-electron chi connectivity index (χ1n) is 5.60. The molecule has 18 heavy (non-hydrogen) atoms. The molecule has 0 radical (unpaired) electrons. The Morgan fingerprint density at radius 2 is 2.06 bits per heavy atom. The second kappa shape index (κ2) is 5.23. The van der Waals surface area contributed by atoms with Gasteiger partial charge in [0.2, 0.25) is 0 Å². The number of halogens is 1. The summed E-state index contributed by atoms with van der Waals surface area (Å²) in [7, 11) is 0. The molecule has 0 fully saturated rings. The van der Waals surface area contributed by atoms with Crippen molar-refractivity contribution in [2.75, 3.05) is 0 Å². The smallest absolute Gasteiger partial charge is 0.303 e. The van der Waals surface area contributed by atoms with Gasteiger partial charge in [-0.3, -0.25) is 9.59 Å². The Morgan fingerprint density at radius 1 is 1.28 bits per heavy atom. The second-order valence-corrected chi connectivity index (χ2v) is 4.44. The Hall–Kier alpha value is -1.81. The number of Topliss-reactive ketones (excluding diaryl/α,β-unsaturated/α-hetero) is 1. The summed E-state index contributed by atoms with van der Waals surface area (Å²) in [5.74, 6) is -0.977. The van der Waals surface area contributed by atoms with Crippen molar-refractivity contribution in [3.05, 3.63) is 35.0 Å². The standard InChI is InChI=1S/C13H12ClNO3/c14-9-3-1-4-10-13(9)8(7-15-10)11(16)5-2-6-12(17)18/h1,3-4,7,15H,2,5-6H2,(H,17,18). The minimum absolute atomic E-state index is 0.00181. The summed E-state index contributed by atoms with van der Waals surface area (Å²) in [6.07, 6.45) is 2.18. The van der Waals surface area contributed by atoms with Crippen LogP contribution in [0.4, 0.5) is 0 Å². The molecule has 1 heterocycles. The number of H-pyrrole nitrogens is 1. The molecule has 94 valence electrons. The minimum atomic E-state index is -0.889. The number of hydrogen-bond acceptors (Lipinski definition) is 2. The number of carbonyl (C=O) groups excluding carboxylic acids is 1. The lowest BCUT2D eigenvalue weighted by atomic mass is 10.0. The molecule has 0 atom stereocenters. The monoisotopic (exact) mass is 265 g/mol. The number of ketones is 1. The first-order valence-corrected chi connectivity index (χ1v) is 5.98. The fraction of sp³-hybridized carbons (Fsp3) is 0.231. The number of hydrogen-bond donors (Lipinski definition) is 2. The highest BCUT2D eigenvalue weighted by Crippen LogP contribution is 2.27. The van der Waals surface area contributed by atoms with E-state index in [1.54, 1.807) is 18.3 Å². The quantitative estimate of drug-likeness (QED) is 0.815. The molecule has 0 aliphatic rings. The minimum Gasteiger partial charge on any atom is -0.481 e. The maximum Gasteiger partial charge on any atom is 0.303 e. The number of benzene rings is 1. The highest BCUT2D eigenvalue weighted by molar-refractivity contribution is 6.36. The number of aromatic amines is 1. The zero-order chi connectivity index (χ0) is 13.1. The van der Waals surface area contributed by atoms with Crippen LogP contribution in [-0.2, 0) is 4.79 Å². The summed E-state index contributed by atoms with van der Waals surface area (Å²) in [6, 6.07) is 5.38. The largest absolute Gasteiger partial charge is 0.481 e. The lowest BCUT2D eigenvalue weighted by molar-refractivity contribution is -0.137. The molecular weight excluding hydrogens is 254 g/mol. The lowest BCUT2D eigenvalue weighted by Gasteiger charge is -2.00. The van der Waals surface area contributed by atoms with Gasteiger partial charge in [-0.2, -0.15) is 0 Å². The van der Waals surface area contributed by atoms with Crippen molar-refractivity contribution >= 4 is 34.3 Å². The van der Waals surface area contributed by atoms with E-state index in [1.807, 2.05) is 6.07 Å². The Morgan fingerprint density at radius 3 is 2.78 bits per heavy atom. The summed E-state index contributed by atoms with van der Waals surface area (Å²) in [5, 5.41) is 9.77. The molecule has 0 unspecified atom stereocenters. The third kappa shape index (κ3) is 2.54. The van der Waals surface area contributed by atoms with Crippen molar-refractivity contribution in [1.29, 1.82) is 0 Å². The number of carbonyl (C=O) groups is 2. The van der Waals surface area contributed by atoms with Gasteiger partial charge >= 0.3 is 5.97 Å². The summed E-state index contributed by atoms with van der Waals surface area (Å²) in [4.78, 5) is 25.4. The van der Waals surface area contributed by atoms with Crippen LogP contribution < -0.4 is 0 Å². The Balaban J connectivity index is 2.20. The SMILES string of the molecule is O=C(O)CCCC(=O)c1c[nH]c2cccc(Cl)c12. The molecule has 0 aliphatic carbocycles. The third-order valence-electron chi connectivity index (χ3n) is 2.75. The Bertz CT molecular complexity index is 603. The van der Waals surface area contributed by atoms with E-state index >= 15 is 0 Å². The Kier molecular flexibility index (Phi) is 3.67. The molecule has 2 N–H and O–H groups in total. The number of fused-ring (bicyclic) bond motifs is 1. The van der Waals surface area contributed by atoms with E-state index in [9.17, 15) is 9.59 Å². The fourth-order valence-corrected chi connectivity index (χ4v) is 2.17. The number of rotatable bonds is 5. The maximum atomic E-state index is 12.0. The van der Waals surface area contributed by atoms with Gasteiger partial charge in [0, 0.05) is 35.5 Å². The molecule has 1 aromatic heterocycles. The van der Waals surface area contributed by atoms with Gasteiger partial charge in [-0.1, -0.05) is 17.7 Å². The fourth-order valence-electron chi connectivity index (χ4n) is 1.89. The van der Waals surface area contributed by atoms with Gasteiger partial charge in [-0.15, -0.1) is 0 Å². The number of carboxylic acid groups (broad SMARTS) is 1. The van der Waals surface area contributed by atoms with Crippen molar-refractivity contribution in [3.63, 3.8) is 0 Å². The van der Waals surface area contributed by atoms with Crippen LogP contribution in [-0.4, -0.2) is 21.8 Å². The van der Waals surface area contributed by atoms with Crippen molar-refractivity contribution in [2.24, 2.45) is 0 Å². The van der Waals surface area contributed by atoms with Crippen LogP contribution in [0.5, 0.6) is 0 Å². The zero-order valence-corrected chi connectivity index (χ0v) is 10.3. The maximum absolute atomic E-state index is 12.0. The first-order chi connectivity index (χ1) is 8.59. The van der Waals surface area contributed by atoms with E-state index in [1.165, 1.54) is 0 Å². The van der Waals surface area contributed by atoms with Crippen molar-refractivity contribution in [1.82, 2.24) is 4.98 Å². The highest BCUT2D eigenvalue weighted by Gasteiger charge is 2.14. The molecule has 0 bridgehead atoms. The molecule has 2 aromatic rings. The average molecular weight is 266 g/mol. The molecule has 0 aliphatic heterocycles. The van der Waals surface area contributed by atoms with Crippen LogP contribution in [0.2, 0.25) is 5.02 Å². The van der Waals surface area contributed by atoms with Crippen molar-refractivity contribution in [3.8, 4) is 0 Å². The highest BCUT2D eigenvalue weighted by atomic mass is 35.5. The van der Waals surface area contributed by atoms with Gasteiger partial charge in [0.25, 0.3) is 0 Å². The molecule has 2 rings (SSSR count). The van der Waals surface area contributed by atoms with E-state index in [4.69, 9.17) is 16.7 Å². The van der Waals surface area contributed by atoms with E-state index in [2.05, 4.69) is 4.98 Å². The van der Waals surface area contributed by atoms with Crippen LogP contribution >= 0.6 is 11.6 Å². The average Bonchev–Trinajstić information content (AvgIpc) is 2.73. The molecule has 5 heteroatoms. The second-order valence-electron chi connectivity index (χ2n) is 4.04. The molecular formula is C13H12ClNO3. The zero-order valence-electron chi connectivity index (χ0n) is 9.57. The molecule has 0 saturated heterocycles. The lowest BCUT2D eigenvalue weighted by Crippen LogP contribution is -2.01. The van der Waals surface area contributed by atoms with Crippen LogP contribution in [0.1, 0.15) is 29.6 Å². The van der Waals surface area contributed by atoms with Crippen molar-refractivity contribution < 1.29 is 14.7 Å². The molecule has 0 saturated carbocycles. The number of nitrogens with one attached hydrogen (secondary N) is 1. The Labute approximate surface area is 109 Å². The predicted octanol–water partition coefficient (Wildman–Crippen LogP) is 3.26. The van der Waals surface area contributed by atoms with Crippen LogP contribution in [0.15, 0.2) is 24.4 Å². The molecule has 1 aromatic carbocycles. The molecule has 0 spiro atoms. The van der Waals surface area contributed by atoms with Crippen LogP contribution in [0.3, 0.4) is 0 Å². The number of aliphatic carboxylic acids is 1. The number of carboxylic acids is 1. The van der Waals surface area contributed by atoms with E-state index in [-0.39, 0.29) is 18.6 Å². The summed E-state index contributed by atoms with van der Waals surface area (Å²) in [5.41, 5.74) is 1.34. The van der Waals surface area contributed by atoms with E-state index < -0.39 is 5.97 Å². The summed E-state index contributed by atoms with van der Waals surface area (Å²) in [6.45, 7) is 0. The third-order valence-corrected chi connectivity index (χ3v) is 3.06. The number of aromatic nitrogens is 1. The normalized spacial score (nSPS) is 10.7. The van der Waals surface area contributed by atoms with Gasteiger partial charge in [-0.05, 0) is 18.6 Å². The van der Waals surface area contributed by atoms with Gasteiger partial charge in [0.1, 0.15) is 0 Å². The predicted molar refractivity (Wildman–Crippen MR) is 69.1 cm³/mol. The van der Waals surface area contributed by atoms with Crippen LogP contribution in [0, 0.1) is 0 Å². The summed E-state index contributed by atoms with van der Waals surface area (Å²) < 4.78 is 0.